The van der Waals surface area contributed by atoms with Crippen molar-refractivity contribution in [2.75, 3.05) is 0 Å². The molecule has 0 aromatic carbocycles. The van der Waals surface area contributed by atoms with E-state index < -0.39 is 36.4 Å². The zero-order chi connectivity index (χ0) is 14.2. The fraction of sp³-hybridized carbons (Fsp3) is 0.556. The summed E-state index contributed by atoms with van der Waals surface area (Å²) in [4.78, 5) is 39.9. The third-order valence-electron chi connectivity index (χ3n) is 1.29. The number of aliphatic hydroxyl groups is 1. The second kappa shape index (κ2) is 9.07. The lowest BCUT2D eigenvalue weighted by Gasteiger charge is -2.18. The van der Waals surface area contributed by atoms with Crippen molar-refractivity contribution >= 4 is 23.7 Å². The van der Waals surface area contributed by atoms with E-state index in [0.717, 1.165) is 0 Å². The van der Waals surface area contributed by atoms with E-state index in [2.05, 4.69) is 0 Å². The first-order valence-electron chi connectivity index (χ1n) is 4.38. The van der Waals surface area contributed by atoms with E-state index in [1.807, 2.05) is 0 Å². The number of Topliss-reactive ketones (excluding diaryl/α,β-unsaturated/α-hetero) is 1. The summed E-state index contributed by atoms with van der Waals surface area (Å²) in [5.74, 6) is -4.85. The Balaban J connectivity index is -0.000000392. The van der Waals surface area contributed by atoms with E-state index in [4.69, 9.17) is 20.4 Å². The fourth-order valence-corrected chi connectivity index (χ4v) is 0.714. The van der Waals surface area contributed by atoms with Crippen LogP contribution >= 0.6 is 0 Å². The summed E-state index contributed by atoms with van der Waals surface area (Å²) in [6.07, 6.45) is -2.29. The molecule has 0 saturated carbocycles. The van der Waals surface area contributed by atoms with Crippen molar-refractivity contribution in [2.45, 2.75) is 32.3 Å². The first-order chi connectivity index (χ1) is 7.51. The predicted octanol–water partition coefficient (Wildman–Crippen LogP) is -1.48. The highest BCUT2D eigenvalue weighted by molar-refractivity contribution is 5.88. The molecule has 0 aliphatic heterocycles. The van der Waals surface area contributed by atoms with E-state index in [9.17, 15) is 19.2 Å². The SMILES string of the molecule is CC(C)=O.O.O=C(O)CC(O)(CC(=O)O)C(=O)O. The molecule has 0 radical (unpaired) electrons. The summed E-state index contributed by atoms with van der Waals surface area (Å²) in [6.45, 7) is 3.06. The third-order valence-corrected chi connectivity index (χ3v) is 1.29. The predicted molar refractivity (Wildman–Crippen MR) is 57.1 cm³/mol. The average molecular weight is 268 g/mol. The van der Waals surface area contributed by atoms with Gasteiger partial charge in [0, 0.05) is 0 Å². The number of carboxylic acid groups (broad SMARTS) is 3. The number of ketones is 1. The van der Waals surface area contributed by atoms with Crippen molar-refractivity contribution in [1.82, 2.24) is 0 Å². The second-order valence-electron chi connectivity index (χ2n) is 3.39. The molecule has 6 N–H and O–H groups in total. The van der Waals surface area contributed by atoms with Gasteiger partial charge in [-0.15, -0.1) is 0 Å². The largest absolute Gasteiger partial charge is 0.481 e. The molecule has 0 heterocycles. The highest BCUT2D eigenvalue weighted by Crippen LogP contribution is 2.15. The molecule has 9 heteroatoms. The summed E-state index contributed by atoms with van der Waals surface area (Å²) >= 11 is 0. The normalized spacial score (nSPS) is 9.28. The third kappa shape index (κ3) is 12.1. The van der Waals surface area contributed by atoms with Gasteiger partial charge in [0.05, 0.1) is 12.8 Å². The molecule has 0 amide bonds. The van der Waals surface area contributed by atoms with Crippen molar-refractivity contribution in [1.29, 1.82) is 0 Å². The molecule has 0 aliphatic carbocycles. The van der Waals surface area contributed by atoms with Gasteiger partial charge < -0.3 is 30.7 Å². The van der Waals surface area contributed by atoms with Crippen molar-refractivity contribution in [3.05, 3.63) is 0 Å². The minimum absolute atomic E-state index is 0. The second-order valence-corrected chi connectivity index (χ2v) is 3.39. The van der Waals surface area contributed by atoms with E-state index in [-0.39, 0.29) is 11.3 Å². The molecule has 0 aromatic heterocycles. The summed E-state index contributed by atoms with van der Waals surface area (Å²) in [5, 5.41) is 33.8. The Morgan fingerprint density at radius 1 is 0.889 bits per heavy atom. The van der Waals surface area contributed by atoms with Crippen LogP contribution in [0.2, 0.25) is 0 Å². The molecular weight excluding hydrogens is 252 g/mol. The Morgan fingerprint density at radius 3 is 1.22 bits per heavy atom. The zero-order valence-electron chi connectivity index (χ0n) is 9.84. The van der Waals surface area contributed by atoms with Crippen molar-refractivity contribution in [3.8, 4) is 0 Å². The number of carboxylic acids is 3. The number of carbonyl (C=O) groups excluding carboxylic acids is 1. The first-order valence-corrected chi connectivity index (χ1v) is 4.38. The van der Waals surface area contributed by atoms with Crippen molar-refractivity contribution < 1.29 is 45.1 Å². The number of carbonyl (C=O) groups is 4. The average Bonchev–Trinajstić information content (AvgIpc) is 1.98. The molecule has 0 saturated heterocycles. The lowest BCUT2D eigenvalue weighted by molar-refractivity contribution is -0.170. The van der Waals surface area contributed by atoms with Gasteiger partial charge >= 0.3 is 17.9 Å². The van der Waals surface area contributed by atoms with Crippen LogP contribution in [0.25, 0.3) is 0 Å². The molecule has 0 unspecified atom stereocenters. The minimum Gasteiger partial charge on any atom is -0.481 e. The van der Waals surface area contributed by atoms with Gasteiger partial charge in [-0.3, -0.25) is 9.59 Å². The number of rotatable bonds is 5. The molecule has 18 heavy (non-hydrogen) atoms. The first kappa shape index (κ1) is 21.3. The van der Waals surface area contributed by atoms with Gasteiger partial charge in [0.25, 0.3) is 0 Å². The Morgan fingerprint density at radius 2 is 1.11 bits per heavy atom. The minimum atomic E-state index is -2.74. The standard InChI is InChI=1S/C6H8O7.C3H6O.H2O/c7-3(8)1-6(13,5(11)12)2-4(9)10;1-3(2)4;/h13H,1-2H2,(H,7,8)(H,9,10)(H,11,12);1-2H3;1H2. The van der Waals surface area contributed by atoms with Gasteiger partial charge in [-0.1, -0.05) is 0 Å². The van der Waals surface area contributed by atoms with Crippen LogP contribution in [-0.4, -0.2) is 55.2 Å². The molecular formula is C9H16O9. The van der Waals surface area contributed by atoms with Gasteiger partial charge in [-0.05, 0) is 13.8 Å². The van der Waals surface area contributed by atoms with Crippen LogP contribution in [0.5, 0.6) is 0 Å². The van der Waals surface area contributed by atoms with Crippen molar-refractivity contribution in [2.24, 2.45) is 0 Å². The maximum atomic E-state index is 10.3. The number of hydrogen-bond acceptors (Lipinski definition) is 5. The van der Waals surface area contributed by atoms with Gasteiger partial charge in [0.15, 0.2) is 5.60 Å². The molecule has 0 aliphatic rings. The molecule has 106 valence electrons. The molecule has 0 spiro atoms. The topological polar surface area (TPSA) is 181 Å². The summed E-state index contributed by atoms with van der Waals surface area (Å²) in [6, 6.07) is 0. The van der Waals surface area contributed by atoms with E-state index in [1.165, 1.54) is 13.8 Å². The van der Waals surface area contributed by atoms with Gasteiger partial charge in [-0.2, -0.15) is 0 Å². The van der Waals surface area contributed by atoms with Gasteiger partial charge in [0.2, 0.25) is 0 Å². The van der Waals surface area contributed by atoms with E-state index in [0.29, 0.717) is 0 Å². The fourth-order valence-electron chi connectivity index (χ4n) is 0.714. The molecule has 0 rings (SSSR count). The Labute approximate surface area is 102 Å². The lowest BCUT2D eigenvalue weighted by atomic mass is 9.96. The van der Waals surface area contributed by atoms with Crippen LogP contribution in [0.4, 0.5) is 0 Å². The van der Waals surface area contributed by atoms with E-state index in [1.54, 1.807) is 0 Å². The quantitative estimate of drug-likeness (QED) is 0.465. The molecule has 0 atom stereocenters. The summed E-state index contributed by atoms with van der Waals surface area (Å²) in [5.41, 5.74) is -2.74. The highest BCUT2D eigenvalue weighted by Gasteiger charge is 2.40. The number of aliphatic carboxylic acids is 3. The Kier molecular flexibility index (Phi) is 10.7. The smallest absolute Gasteiger partial charge is 0.336 e. The number of hydrogen-bond donors (Lipinski definition) is 4. The van der Waals surface area contributed by atoms with Gasteiger partial charge in [0.1, 0.15) is 5.78 Å². The maximum Gasteiger partial charge on any atom is 0.336 e. The maximum absolute atomic E-state index is 10.3. The summed E-state index contributed by atoms with van der Waals surface area (Å²) in [7, 11) is 0. The molecule has 0 fully saturated rings. The Bertz CT molecular complexity index is 300. The molecule has 0 aromatic rings. The van der Waals surface area contributed by atoms with Crippen LogP contribution < -0.4 is 0 Å². The van der Waals surface area contributed by atoms with Crippen LogP contribution in [0, 0.1) is 0 Å². The van der Waals surface area contributed by atoms with Gasteiger partial charge in [-0.25, -0.2) is 4.79 Å². The lowest BCUT2D eigenvalue weighted by Crippen LogP contribution is -2.42. The van der Waals surface area contributed by atoms with Crippen LogP contribution in [0.3, 0.4) is 0 Å². The zero-order valence-corrected chi connectivity index (χ0v) is 9.84. The van der Waals surface area contributed by atoms with Crippen molar-refractivity contribution in [3.63, 3.8) is 0 Å². The molecule has 9 nitrogen and oxygen atoms in total. The van der Waals surface area contributed by atoms with Crippen LogP contribution in [0.15, 0.2) is 0 Å². The monoisotopic (exact) mass is 268 g/mol. The molecule has 0 bridgehead atoms. The Hall–Kier alpha value is -2.00. The van der Waals surface area contributed by atoms with Crippen LogP contribution in [0.1, 0.15) is 26.7 Å². The van der Waals surface area contributed by atoms with Crippen LogP contribution in [-0.2, 0) is 19.2 Å². The van der Waals surface area contributed by atoms with E-state index >= 15 is 0 Å². The highest BCUT2D eigenvalue weighted by atomic mass is 16.4. The summed E-state index contributed by atoms with van der Waals surface area (Å²) < 4.78 is 0.